The summed E-state index contributed by atoms with van der Waals surface area (Å²) in [5, 5.41) is 2.97. The molecule has 160 valence electrons. The fourth-order valence-electron chi connectivity index (χ4n) is 4.07. The Labute approximate surface area is 184 Å². The Kier molecular flexibility index (Phi) is 6.35. The van der Waals surface area contributed by atoms with Crippen LogP contribution in [0.5, 0.6) is 0 Å². The Hall–Kier alpha value is -3.15. The molecular weight excluding hydrogens is 384 g/mol. The van der Waals surface area contributed by atoms with Crippen LogP contribution in [0.25, 0.3) is 11.1 Å². The van der Waals surface area contributed by atoms with E-state index < -0.39 is 0 Å². The van der Waals surface area contributed by atoms with Gasteiger partial charge in [0.25, 0.3) is 5.91 Å². The monoisotopic (exact) mass is 414 g/mol. The van der Waals surface area contributed by atoms with Crippen LogP contribution in [0.3, 0.4) is 0 Å². The zero-order chi connectivity index (χ0) is 21.8. The molecule has 4 rings (SSSR count). The molecule has 1 aliphatic heterocycles. The molecule has 0 aromatic heterocycles. The van der Waals surface area contributed by atoms with Gasteiger partial charge in [0.15, 0.2) is 0 Å². The lowest BCUT2D eigenvalue weighted by Gasteiger charge is -2.20. The second kappa shape index (κ2) is 9.33. The highest BCUT2D eigenvalue weighted by Crippen LogP contribution is 2.27. The summed E-state index contributed by atoms with van der Waals surface area (Å²) in [5.41, 5.74) is 11.2. The van der Waals surface area contributed by atoms with E-state index >= 15 is 0 Å². The number of nitrogens with two attached hydrogens (primary N) is 1. The van der Waals surface area contributed by atoms with Crippen molar-refractivity contribution in [2.24, 2.45) is 0 Å². The first kappa shape index (κ1) is 21.1. The number of hydrogen-bond donors (Lipinski definition) is 2. The Morgan fingerprint density at radius 2 is 1.77 bits per heavy atom. The van der Waals surface area contributed by atoms with Crippen LogP contribution in [0.1, 0.15) is 22.3 Å². The molecule has 3 aromatic rings. The topological polar surface area (TPSA) is 61.6 Å². The summed E-state index contributed by atoms with van der Waals surface area (Å²) in [4.78, 5) is 17.6. The number of amides is 1. The lowest BCUT2D eigenvalue weighted by Crippen LogP contribution is -2.31. The SMILES string of the molecule is CN(C)[C@@H]1CCN(Cc2ccc(C(=O)Nc3cc(-c4ccccc4)ccc3N)cc2)C1. The molecule has 0 radical (unpaired) electrons. The number of nitrogen functional groups attached to an aromatic ring is 1. The van der Waals surface area contributed by atoms with Gasteiger partial charge >= 0.3 is 0 Å². The average Bonchev–Trinajstić information content (AvgIpc) is 3.25. The third-order valence-electron chi connectivity index (χ3n) is 6.01. The van der Waals surface area contributed by atoms with E-state index in [1.165, 1.54) is 12.0 Å². The molecule has 1 atom stereocenters. The van der Waals surface area contributed by atoms with Crippen molar-refractivity contribution in [1.82, 2.24) is 9.80 Å². The van der Waals surface area contributed by atoms with Gasteiger partial charge in [0.1, 0.15) is 0 Å². The predicted molar refractivity (Wildman–Crippen MR) is 128 cm³/mol. The maximum Gasteiger partial charge on any atom is 0.255 e. The van der Waals surface area contributed by atoms with Crippen molar-refractivity contribution in [3.63, 3.8) is 0 Å². The number of likely N-dealkylation sites (N-methyl/N-ethyl adjacent to an activating group) is 1. The van der Waals surface area contributed by atoms with E-state index in [0.29, 0.717) is 23.0 Å². The number of nitrogens with zero attached hydrogens (tertiary/aromatic N) is 2. The fraction of sp³-hybridized carbons (Fsp3) is 0.269. The largest absolute Gasteiger partial charge is 0.397 e. The predicted octanol–water partition coefficient (Wildman–Crippen LogP) is 4.32. The Bertz CT molecular complexity index is 1030. The number of hydrogen-bond acceptors (Lipinski definition) is 4. The van der Waals surface area contributed by atoms with Gasteiger partial charge in [0, 0.05) is 31.2 Å². The summed E-state index contributed by atoms with van der Waals surface area (Å²) in [7, 11) is 4.29. The summed E-state index contributed by atoms with van der Waals surface area (Å²) in [6.45, 7) is 3.12. The first-order valence-electron chi connectivity index (χ1n) is 10.7. The maximum atomic E-state index is 12.8. The normalized spacial score (nSPS) is 16.5. The molecule has 0 aliphatic carbocycles. The van der Waals surface area contributed by atoms with Gasteiger partial charge < -0.3 is 16.0 Å². The van der Waals surface area contributed by atoms with E-state index in [4.69, 9.17) is 5.73 Å². The van der Waals surface area contributed by atoms with E-state index in [2.05, 4.69) is 29.2 Å². The third kappa shape index (κ3) is 5.13. The molecule has 1 fully saturated rings. The van der Waals surface area contributed by atoms with Crippen LogP contribution in [-0.2, 0) is 6.54 Å². The van der Waals surface area contributed by atoms with Crippen LogP contribution < -0.4 is 11.1 Å². The van der Waals surface area contributed by atoms with E-state index in [1.54, 1.807) is 0 Å². The van der Waals surface area contributed by atoms with Crippen LogP contribution in [0.2, 0.25) is 0 Å². The second-order valence-electron chi connectivity index (χ2n) is 8.46. The number of benzene rings is 3. The Morgan fingerprint density at radius 3 is 2.45 bits per heavy atom. The summed E-state index contributed by atoms with van der Waals surface area (Å²) < 4.78 is 0. The number of carbonyl (C=O) groups is 1. The molecule has 1 aliphatic rings. The van der Waals surface area contributed by atoms with Gasteiger partial charge in [-0.15, -0.1) is 0 Å². The molecular formula is C26H30N4O. The molecule has 0 spiro atoms. The van der Waals surface area contributed by atoms with Crippen molar-refractivity contribution in [1.29, 1.82) is 0 Å². The number of likely N-dealkylation sites (tertiary alicyclic amines) is 1. The molecule has 1 saturated heterocycles. The minimum Gasteiger partial charge on any atom is -0.397 e. The maximum absolute atomic E-state index is 12.8. The molecule has 31 heavy (non-hydrogen) atoms. The third-order valence-corrected chi connectivity index (χ3v) is 6.01. The smallest absolute Gasteiger partial charge is 0.255 e. The minimum absolute atomic E-state index is 0.155. The molecule has 1 heterocycles. The van der Waals surface area contributed by atoms with E-state index in [1.807, 2.05) is 72.8 Å². The number of rotatable bonds is 6. The quantitative estimate of drug-likeness (QED) is 0.590. The molecule has 0 unspecified atom stereocenters. The van der Waals surface area contributed by atoms with Crippen LogP contribution in [0, 0.1) is 0 Å². The Morgan fingerprint density at radius 1 is 1.03 bits per heavy atom. The van der Waals surface area contributed by atoms with Crippen molar-refractivity contribution < 1.29 is 4.79 Å². The summed E-state index contributed by atoms with van der Waals surface area (Å²) in [5.74, 6) is -0.155. The summed E-state index contributed by atoms with van der Waals surface area (Å²) in [6, 6.07) is 24.3. The van der Waals surface area contributed by atoms with Gasteiger partial charge in [-0.3, -0.25) is 9.69 Å². The molecule has 5 nitrogen and oxygen atoms in total. The van der Waals surface area contributed by atoms with Gasteiger partial charge in [0.05, 0.1) is 11.4 Å². The molecule has 5 heteroatoms. The van der Waals surface area contributed by atoms with Crippen molar-refractivity contribution in [2.75, 3.05) is 38.2 Å². The van der Waals surface area contributed by atoms with E-state index in [-0.39, 0.29) is 5.91 Å². The standard InChI is InChI=1S/C26H30N4O/c1-29(2)23-14-15-30(18-23)17-19-8-10-21(11-9-19)26(31)28-25-16-22(12-13-24(25)27)20-6-4-3-5-7-20/h3-13,16,23H,14-15,17-18,27H2,1-2H3,(H,28,31)/t23-/m1/s1. The van der Waals surface area contributed by atoms with Crippen molar-refractivity contribution in [3.8, 4) is 11.1 Å². The first-order chi connectivity index (χ1) is 15.0. The first-order valence-corrected chi connectivity index (χ1v) is 10.7. The average molecular weight is 415 g/mol. The van der Waals surface area contributed by atoms with Gasteiger partial charge in [0.2, 0.25) is 0 Å². The highest BCUT2D eigenvalue weighted by molar-refractivity contribution is 6.06. The lowest BCUT2D eigenvalue weighted by atomic mass is 10.0. The molecule has 3 aromatic carbocycles. The van der Waals surface area contributed by atoms with Gasteiger partial charge in [-0.25, -0.2) is 0 Å². The number of anilines is 2. The zero-order valence-corrected chi connectivity index (χ0v) is 18.2. The second-order valence-corrected chi connectivity index (χ2v) is 8.46. The Balaban J connectivity index is 1.41. The van der Waals surface area contributed by atoms with Gasteiger partial charge in [-0.1, -0.05) is 48.5 Å². The summed E-state index contributed by atoms with van der Waals surface area (Å²) in [6.07, 6.45) is 1.21. The zero-order valence-electron chi connectivity index (χ0n) is 18.2. The highest BCUT2D eigenvalue weighted by atomic mass is 16.1. The van der Waals surface area contributed by atoms with E-state index in [9.17, 15) is 4.79 Å². The fourth-order valence-corrected chi connectivity index (χ4v) is 4.07. The van der Waals surface area contributed by atoms with Gasteiger partial charge in [-0.05, 0) is 61.5 Å². The van der Waals surface area contributed by atoms with Crippen molar-refractivity contribution >= 4 is 17.3 Å². The molecule has 3 N–H and O–H groups in total. The molecule has 1 amide bonds. The lowest BCUT2D eigenvalue weighted by molar-refractivity contribution is 0.102. The highest BCUT2D eigenvalue weighted by Gasteiger charge is 2.23. The van der Waals surface area contributed by atoms with E-state index in [0.717, 1.165) is 30.8 Å². The number of carbonyl (C=O) groups excluding carboxylic acids is 1. The van der Waals surface area contributed by atoms with Crippen molar-refractivity contribution in [2.45, 2.75) is 19.0 Å². The summed E-state index contributed by atoms with van der Waals surface area (Å²) >= 11 is 0. The van der Waals surface area contributed by atoms with Crippen LogP contribution in [0.15, 0.2) is 72.8 Å². The minimum atomic E-state index is -0.155. The molecule has 0 bridgehead atoms. The number of nitrogens with one attached hydrogen (secondary N) is 1. The molecule has 0 saturated carbocycles. The van der Waals surface area contributed by atoms with Gasteiger partial charge in [-0.2, -0.15) is 0 Å². The van der Waals surface area contributed by atoms with Crippen molar-refractivity contribution in [3.05, 3.63) is 83.9 Å². The van der Waals surface area contributed by atoms with Crippen LogP contribution in [-0.4, -0.2) is 48.9 Å². The van der Waals surface area contributed by atoms with Crippen LogP contribution in [0.4, 0.5) is 11.4 Å². The van der Waals surface area contributed by atoms with Crippen LogP contribution >= 0.6 is 0 Å².